The van der Waals surface area contributed by atoms with E-state index in [2.05, 4.69) is 10.6 Å². The van der Waals surface area contributed by atoms with E-state index in [9.17, 15) is 18.0 Å². The Labute approximate surface area is 103 Å². The van der Waals surface area contributed by atoms with Crippen LogP contribution in [-0.4, -0.2) is 51.1 Å². The van der Waals surface area contributed by atoms with Crippen LogP contribution in [0.5, 0.6) is 0 Å². The van der Waals surface area contributed by atoms with Crippen molar-refractivity contribution in [2.45, 2.75) is 25.1 Å². The third-order valence-electron chi connectivity index (χ3n) is 2.48. The van der Waals surface area contributed by atoms with E-state index < -0.39 is 18.8 Å². The molecule has 0 bridgehead atoms. The summed E-state index contributed by atoms with van der Waals surface area (Å²) < 4.78 is 40.8. The Balaban J connectivity index is 1.98. The predicted molar refractivity (Wildman–Crippen MR) is 59.3 cm³/mol. The molecular weight excluding hydrogens is 251 g/mol. The standard InChI is InChI=1S/C10H18F3N3O2/c11-10(12,13)7-16-9(17)15-5-6-18-8-1-3-14-4-2-8/h8,14H,1-7H2,(H2,15,16,17). The van der Waals surface area contributed by atoms with Gasteiger partial charge in [0.1, 0.15) is 6.54 Å². The molecule has 0 unspecified atom stereocenters. The maximum atomic E-state index is 11.8. The monoisotopic (exact) mass is 269 g/mol. The van der Waals surface area contributed by atoms with Crippen molar-refractivity contribution in [1.29, 1.82) is 0 Å². The molecule has 3 N–H and O–H groups in total. The SMILES string of the molecule is O=C(NCCOC1CCNCC1)NCC(F)(F)F. The number of rotatable bonds is 5. The molecule has 0 radical (unpaired) electrons. The highest BCUT2D eigenvalue weighted by atomic mass is 19.4. The molecule has 0 aliphatic carbocycles. The number of urea groups is 1. The summed E-state index contributed by atoms with van der Waals surface area (Å²) in [5.41, 5.74) is 0. The van der Waals surface area contributed by atoms with Crippen LogP contribution in [-0.2, 0) is 4.74 Å². The normalized spacial score (nSPS) is 17.5. The number of nitrogens with one attached hydrogen (secondary N) is 3. The van der Waals surface area contributed by atoms with Crippen molar-refractivity contribution in [2.24, 2.45) is 0 Å². The van der Waals surface area contributed by atoms with Gasteiger partial charge < -0.3 is 20.7 Å². The molecule has 1 rings (SSSR count). The van der Waals surface area contributed by atoms with E-state index >= 15 is 0 Å². The second kappa shape index (κ2) is 7.42. The van der Waals surface area contributed by atoms with Gasteiger partial charge in [0.2, 0.25) is 0 Å². The fraction of sp³-hybridized carbons (Fsp3) is 0.900. The summed E-state index contributed by atoms with van der Waals surface area (Å²) in [6, 6.07) is -0.832. The molecular formula is C10H18F3N3O2. The number of piperidine rings is 1. The van der Waals surface area contributed by atoms with Gasteiger partial charge in [0.15, 0.2) is 0 Å². The first-order valence-corrected chi connectivity index (χ1v) is 5.88. The van der Waals surface area contributed by atoms with Crippen LogP contribution >= 0.6 is 0 Å². The highest BCUT2D eigenvalue weighted by molar-refractivity contribution is 5.73. The van der Waals surface area contributed by atoms with Crippen LogP contribution in [0.25, 0.3) is 0 Å². The number of hydrogen-bond acceptors (Lipinski definition) is 3. The Hall–Kier alpha value is -1.02. The largest absolute Gasteiger partial charge is 0.405 e. The lowest BCUT2D eigenvalue weighted by molar-refractivity contribution is -0.122. The highest BCUT2D eigenvalue weighted by Crippen LogP contribution is 2.11. The van der Waals surface area contributed by atoms with Crippen LogP contribution in [0, 0.1) is 0 Å². The molecule has 8 heteroatoms. The molecule has 0 aromatic heterocycles. The zero-order valence-electron chi connectivity index (χ0n) is 9.98. The van der Waals surface area contributed by atoms with Crippen molar-refractivity contribution >= 4 is 6.03 Å². The van der Waals surface area contributed by atoms with Gasteiger partial charge in [0.25, 0.3) is 0 Å². The molecule has 1 aliphatic rings. The van der Waals surface area contributed by atoms with Gasteiger partial charge in [-0.15, -0.1) is 0 Å². The van der Waals surface area contributed by atoms with E-state index in [1.165, 1.54) is 0 Å². The molecule has 0 atom stereocenters. The van der Waals surface area contributed by atoms with Crippen LogP contribution in [0.2, 0.25) is 0 Å². The molecule has 18 heavy (non-hydrogen) atoms. The van der Waals surface area contributed by atoms with Crippen LogP contribution in [0.15, 0.2) is 0 Å². The Bertz CT molecular complexity index is 255. The average molecular weight is 269 g/mol. The third kappa shape index (κ3) is 7.33. The molecule has 1 heterocycles. The number of alkyl halides is 3. The maximum absolute atomic E-state index is 11.8. The minimum absolute atomic E-state index is 0.172. The first-order valence-electron chi connectivity index (χ1n) is 5.88. The fourth-order valence-electron chi connectivity index (χ4n) is 1.60. The summed E-state index contributed by atoms with van der Waals surface area (Å²) in [5, 5.41) is 7.21. The first-order chi connectivity index (χ1) is 8.47. The molecule has 5 nitrogen and oxygen atoms in total. The zero-order chi connectivity index (χ0) is 13.4. The van der Waals surface area contributed by atoms with Crippen LogP contribution in [0.3, 0.4) is 0 Å². The molecule has 0 aromatic rings. The van der Waals surface area contributed by atoms with Gasteiger partial charge in [0, 0.05) is 6.54 Å². The number of carbonyl (C=O) groups is 1. The fourth-order valence-corrected chi connectivity index (χ4v) is 1.60. The molecule has 1 aliphatic heterocycles. The third-order valence-corrected chi connectivity index (χ3v) is 2.48. The first kappa shape index (κ1) is 15.0. The summed E-state index contributed by atoms with van der Waals surface area (Å²) in [6.07, 6.45) is -2.38. The van der Waals surface area contributed by atoms with Gasteiger partial charge in [-0.1, -0.05) is 0 Å². The van der Waals surface area contributed by atoms with E-state index in [4.69, 9.17) is 4.74 Å². The molecule has 0 spiro atoms. The minimum Gasteiger partial charge on any atom is -0.376 e. The summed E-state index contributed by atoms with van der Waals surface area (Å²) in [4.78, 5) is 11.0. The Morgan fingerprint density at radius 3 is 2.56 bits per heavy atom. The van der Waals surface area contributed by atoms with Gasteiger partial charge in [-0.25, -0.2) is 4.79 Å². The average Bonchev–Trinajstić information content (AvgIpc) is 2.33. The molecule has 0 aromatic carbocycles. The van der Waals surface area contributed by atoms with E-state index in [0.717, 1.165) is 25.9 Å². The predicted octanol–water partition coefficient (Wildman–Crippen LogP) is 0.616. The summed E-state index contributed by atoms with van der Waals surface area (Å²) in [7, 11) is 0. The quantitative estimate of drug-likeness (QED) is 0.641. The molecule has 106 valence electrons. The van der Waals surface area contributed by atoms with Gasteiger partial charge in [0.05, 0.1) is 12.7 Å². The van der Waals surface area contributed by atoms with E-state index in [-0.39, 0.29) is 12.6 Å². The lowest BCUT2D eigenvalue weighted by atomic mass is 10.1. The van der Waals surface area contributed by atoms with Crippen LogP contribution < -0.4 is 16.0 Å². The van der Waals surface area contributed by atoms with Gasteiger partial charge in [-0.2, -0.15) is 13.2 Å². The van der Waals surface area contributed by atoms with Crippen molar-refractivity contribution in [3.63, 3.8) is 0 Å². The number of hydrogen-bond donors (Lipinski definition) is 3. The molecule has 2 amide bonds. The van der Waals surface area contributed by atoms with Crippen molar-refractivity contribution in [3.05, 3.63) is 0 Å². The minimum atomic E-state index is -4.39. The second-order valence-corrected chi connectivity index (χ2v) is 4.04. The summed E-state index contributed by atoms with van der Waals surface area (Å²) >= 11 is 0. The number of ether oxygens (including phenoxy) is 1. The van der Waals surface area contributed by atoms with E-state index in [1.807, 2.05) is 0 Å². The summed E-state index contributed by atoms with van der Waals surface area (Å²) in [6.45, 7) is 1.00. The van der Waals surface area contributed by atoms with Crippen molar-refractivity contribution in [2.75, 3.05) is 32.8 Å². The Morgan fingerprint density at radius 1 is 1.28 bits per heavy atom. The Morgan fingerprint density at radius 2 is 1.94 bits per heavy atom. The lowest BCUT2D eigenvalue weighted by Crippen LogP contribution is -2.42. The smallest absolute Gasteiger partial charge is 0.376 e. The van der Waals surface area contributed by atoms with Gasteiger partial charge in [-0.05, 0) is 25.9 Å². The van der Waals surface area contributed by atoms with Crippen molar-refractivity contribution in [3.8, 4) is 0 Å². The van der Waals surface area contributed by atoms with E-state index in [0.29, 0.717) is 6.61 Å². The topological polar surface area (TPSA) is 62.4 Å². The van der Waals surface area contributed by atoms with Crippen LogP contribution in [0.4, 0.5) is 18.0 Å². The molecule has 1 fully saturated rings. The molecule has 1 saturated heterocycles. The van der Waals surface area contributed by atoms with E-state index in [1.54, 1.807) is 5.32 Å². The van der Waals surface area contributed by atoms with Crippen molar-refractivity contribution < 1.29 is 22.7 Å². The van der Waals surface area contributed by atoms with Crippen molar-refractivity contribution in [1.82, 2.24) is 16.0 Å². The summed E-state index contributed by atoms with van der Waals surface area (Å²) in [5.74, 6) is 0. The van der Waals surface area contributed by atoms with Crippen LogP contribution in [0.1, 0.15) is 12.8 Å². The van der Waals surface area contributed by atoms with Gasteiger partial charge in [-0.3, -0.25) is 0 Å². The zero-order valence-corrected chi connectivity index (χ0v) is 9.98. The maximum Gasteiger partial charge on any atom is 0.405 e. The lowest BCUT2D eigenvalue weighted by Gasteiger charge is -2.22. The Kier molecular flexibility index (Phi) is 6.20. The highest BCUT2D eigenvalue weighted by Gasteiger charge is 2.27. The number of carbonyl (C=O) groups excluding carboxylic acids is 1. The number of halogens is 3. The second-order valence-electron chi connectivity index (χ2n) is 4.04. The van der Waals surface area contributed by atoms with Gasteiger partial charge >= 0.3 is 12.2 Å². The molecule has 0 saturated carbocycles. The number of amides is 2.